The van der Waals surface area contributed by atoms with Crippen LogP contribution in [-0.4, -0.2) is 11.2 Å². The van der Waals surface area contributed by atoms with Gasteiger partial charge in [0.2, 0.25) is 0 Å². The van der Waals surface area contributed by atoms with Gasteiger partial charge in [0.25, 0.3) is 0 Å². The number of hydrogen-bond acceptors (Lipinski definition) is 1. The van der Waals surface area contributed by atoms with Crippen molar-refractivity contribution in [2.75, 3.05) is 0 Å². The average molecular weight is 135 g/mol. The van der Waals surface area contributed by atoms with Crippen LogP contribution >= 0.6 is 0 Å². The number of aliphatic hydroxyl groups is 1. The Hall–Kier alpha value is 0.674. The molecule has 1 N–H and O–H groups in total. The summed E-state index contributed by atoms with van der Waals surface area (Å²) in [7, 11) is 0. The van der Waals surface area contributed by atoms with Gasteiger partial charge in [0, 0.05) is 21.7 Å². The zero-order chi connectivity index (χ0) is 5.15. The maximum atomic E-state index is 8.57. The predicted octanol–water partition coefficient (Wildman–Crippen LogP) is 0.835. The van der Waals surface area contributed by atoms with Gasteiger partial charge in [-0.05, 0) is 19.8 Å². The van der Waals surface area contributed by atoms with Gasteiger partial charge >= 0.3 is 0 Å². The van der Waals surface area contributed by atoms with Crippen molar-refractivity contribution in [3.63, 3.8) is 0 Å². The van der Waals surface area contributed by atoms with Crippen LogP contribution in [0.2, 0.25) is 0 Å². The van der Waals surface area contributed by atoms with Gasteiger partial charge in [-0.25, -0.2) is 0 Å². The van der Waals surface area contributed by atoms with E-state index in [9.17, 15) is 0 Å². The molecular formula is C5H11OTi. The summed E-state index contributed by atoms with van der Waals surface area (Å²) in [5.41, 5.74) is 0. The molecule has 0 heterocycles. The Morgan fingerprint density at radius 1 is 1.43 bits per heavy atom. The number of rotatable bonds is 1. The fraction of sp³-hybridized carbons (Fsp3) is 0.800. The molecule has 0 saturated carbocycles. The third-order valence-electron chi connectivity index (χ3n) is 0.824. The van der Waals surface area contributed by atoms with Crippen molar-refractivity contribution in [1.82, 2.24) is 0 Å². The van der Waals surface area contributed by atoms with Crippen molar-refractivity contribution >= 4 is 0 Å². The van der Waals surface area contributed by atoms with Gasteiger partial charge in [-0.2, -0.15) is 0 Å². The van der Waals surface area contributed by atoms with E-state index in [0.29, 0.717) is 0 Å². The molecule has 0 rings (SSSR count). The molecule has 0 saturated heterocycles. The van der Waals surface area contributed by atoms with Crippen LogP contribution in [0.3, 0.4) is 0 Å². The first-order valence-electron chi connectivity index (χ1n) is 2.15. The van der Waals surface area contributed by atoms with Crippen LogP contribution in [0.15, 0.2) is 0 Å². The predicted molar refractivity (Wildman–Crippen MR) is 26.2 cm³/mol. The van der Waals surface area contributed by atoms with Crippen LogP contribution in [0.4, 0.5) is 0 Å². The molecule has 0 fully saturated rings. The van der Waals surface area contributed by atoms with E-state index >= 15 is 0 Å². The van der Waals surface area contributed by atoms with Crippen molar-refractivity contribution < 1.29 is 26.8 Å². The van der Waals surface area contributed by atoms with Gasteiger partial charge < -0.3 is 5.11 Å². The second-order valence-corrected chi connectivity index (χ2v) is 1.72. The molecule has 0 spiro atoms. The summed E-state index contributed by atoms with van der Waals surface area (Å²) >= 11 is 0. The van der Waals surface area contributed by atoms with Crippen LogP contribution in [0.1, 0.15) is 13.8 Å². The molecule has 7 heavy (non-hydrogen) atoms. The molecule has 0 aromatic heterocycles. The molecule has 2 unspecified atom stereocenters. The Bertz CT molecular complexity index is 29.1. The van der Waals surface area contributed by atoms with Gasteiger partial charge in [0.1, 0.15) is 0 Å². The van der Waals surface area contributed by atoms with Crippen LogP contribution < -0.4 is 0 Å². The summed E-state index contributed by atoms with van der Waals surface area (Å²) in [6, 6.07) is 0. The minimum Gasteiger partial charge on any atom is -0.393 e. The normalized spacial score (nSPS) is 13.3. The molecule has 0 aromatic carbocycles. The minimum absolute atomic E-state index is 0. The molecule has 1 radical (unpaired) electrons. The summed E-state index contributed by atoms with van der Waals surface area (Å²) < 4.78 is 0. The van der Waals surface area contributed by atoms with E-state index in [1.165, 1.54) is 0 Å². The summed E-state index contributed by atoms with van der Waals surface area (Å²) in [6.45, 7) is 7.20. The Balaban J connectivity index is 0. The summed E-state index contributed by atoms with van der Waals surface area (Å²) in [5.74, 6) is 0.157. The van der Waals surface area contributed by atoms with E-state index in [1.807, 2.05) is 6.92 Å². The second-order valence-electron chi connectivity index (χ2n) is 1.72. The Kier molecular flexibility index (Phi) is 7.32. The smallest absolute Gasteiger partial charge is 0.0537 e. The van der Waals surface area contributed by atoms with Crippen LogP contribution in [0.25, 0.3) is 0 Å². The molecule has 0 aromatic rings. The molecule has 1 nitrogen and oxygen atoms in total. The Labute approximate surface area is 60.0 Å². The topological polar surface area (TPSA) is 20.2 Å². The van der Waals surface area contributed by atoms with Crippen molar-refractivity contribution in [1.29, 1.82) is 0 Å². The fourth-order valence-corrected chi connectivity index (χ4v) is 0. The fourth-order valence-electron chi connectivity index (χ4n) is 0. The molecule has 2 heteroatoms. The zero-order valence-corrected chi connectivity index (χ0v) is 6.37. The third kappa shape index (κ3) is 6.67. The Morgan fingerprint density at radius 2 is 1.57 bits per heavy atom. The van der Waals surface area contributed by atoms with E-state index in [4.69, 9.17) is 5.11 Å². The summed E-state index contributed by atoms with van der Waals surface area (Å²) in [5, 5.41) is 8.57. The van der Waals surface area contributed by atoms with Crippen molar-refractivity contribution in [2.24, 2.45) is 5.92 Å². The second kappa shape index (κ2) is 4.82. The summed E-state index contributed by atoms with van der Waals surface area (Å²) in [6.07, 6.45) is -0.259. The summed E-state index contributed by atoms with van der Waals surface area (Å²) in [4.78, 5) is 0. The zero-order valence-electron chi connectivity index (χ0n) is 4.81. The molecule has 0 aliphatic heterocycles. The van der Waals surface area contributed by atoms with Crippen molar-refractivity contribution in [3.05, 3.63) is 6.92 Å². The Morgan fingerprint density at radius 3 is 1.57 bits per heavy atom. The first-order chi connectivity index (χ1) is 2.64. The third-order valence-corrected chi connectivity index (χ3v) is 0.824. The van der Waals surface area contributed by atoms with Crippen LogP contribution in [-0.2, 0) is 21.7 Å². The average Bonchev–Trinajstić information content (AvgIpc) is 1.36. The SMILES string of the molecule is [CH2]C(C)C(C)O.[Ti]. The van der Waals surface area contributed by atoms with E-state index in [0.717, 1.165) is 0 Å². The first kappa shape index (κ1) is 10.6. The quantitative estimate of drug-likeness (QED) is 0.528. The standard InChI is InChI=1S/C5H11O.Ti/c1-4(2)5(3)6;/h4-6H,1H2,2-3H3;. The van der Waals surface area contributed by atoms with Crippen LogP contribution in [0, 0.1) is 12.8 Å². The monoisotopic (exact) mass is 135 g/mol. The molecule has 0 aliphatic carbocycles. The first-order valence-corrected chi connectivity index (χ1v) is 2.15. The van der Waals surface area contributed by atoms with Gasteiger partial charge in [0.05, 0.1) is 6.10 Å². The molecule has 2 atom stereocenters. The molecule has 0 amide bonds. The van der Waals surface area contributed by atoms with E-state index in [-0.39, 0.29) is 33.7 Å². The maximum Gasteiger partial charge on any atom is 0.0537 e. The number of hydrogen-bond donors (Lipinski definition) is 1. The molecule has 0 aliphatic rings. The minimum atomic E-state index is -0.259. The van der Waals surface area contributed by atoms with Gasteiger partial charge in [-0.1, -0.05) is 6.92 Å². The maximum absolute atomic E-state index is 8.57. The van der Waals surface area contributed by atoms with Gasteiger partial charge in [-0.15, -0.1) is 0 Å². The largest absolute Gasteiger partial charge is 0.393 e. The number of aliphatic hydroxyl groups excluding tert-OH is 1. The van der Waals surface area contributed by atoms with Crippen molar-refractivity contribution in [2.45, 2.75) is 20.0 Å². The van der Waals surface area contributed by atoms with E-state index in [1.54, 1.807) is 6.92 Å². The molecular weight excluding hydrogens is 124 g/mol. The van der Waals surface area contributed by atoms with Crippen LogP contribution in [0.5, 0.6) is 0 Å². The molecule has 0 bridgehead atoms. The van der Waals surface area contributed by atoms with E-state index in [2.05, 4.69) is 6.92 Å². The van der Waals surface area contributed by atoms with Gasteiger partial charge in [-0.3, -0.25) is 0 Å². The van der Waals surface area contributed by atoms with Crippen molar-refractivity contribution in [3.8, 4) is 0 Å². The van der Waals surface area contributed by atoms with E-state index < -0.39 is 0 Å². The van der Waals surface area contributed by atoms with Gasteiger partial charge in [0.15, 0.2) is 0 Å². The molecule has 41 valence electrons.